The average molecular weight is 345 g/mol. The molecule has 0 aliphatic carbocycles. The smallest absolute Gasteiger partial charge is 0.206 e. The summed E-state index contributed by atoms with van der Waals surface area (Å²) in [5.41, 5.74) is 1.40. The third-order valence-electron chi connectivity index (χ3n) is 3.50. The number of hydrogen-bond acceptors (Lipinski definition) is 3. The van der Waals surface area contributed by atoms with Crippen LogP contribution in [0.4, 0.5) is 0 Å². The molecule has 116 valence electrons. The van der Waals surface area contributed by atoms with Crippen LogP contribution in [0.1, 0.15) is 0 Å². The molecule has 1 N–H and O–H groups in total. The molecule has 0 fully saturated rings. The fourth-order valence-electron chi connectivity index (χ4n) is 2.28. The number of benzene rings is 3. The van der Waals surface area contributed by atoms with E-state index in [4.69, 9.17) is 11.6 Å². The van der Waals surface area contributed by atoms with E-state index < -0.39 is 9.84 Å². The van der Waals surface area contributed by atoms with E-state index in [1.54, 1.807) is 42.5 Å². The highest BCUT2D eigenvalue weighted by Crippen LogP contribution is 2.30. The van der Waals surface area contributed by atoms with Crippen molar-refractivity contribution in [3.05, 3.63) is 77.8 Å². The van der Waals surface area contributed by atoms with E-state index in [9.17, 15) is 13.5 Å². The van der Waals surface area contributed by atoms with Gasteiger partial charge in [-0.05, 0) is 48.0 Å². The zero-order valence-corrected chi connectivity index (χ0v) is 13.6. The number of rotatable bonds is 3. The number of halogens is 1. The third kappa shape index (κ3) is 3.09. The molecule has 0 saturated heterocycles. The Labute approximate surface area is 139 Å². The normalized spacial score (nSPS) is 11.3. The summed E-state index contributed by atoms with van der Waals surface area (Å²) in [4.78, 5) is 0.385. The minimum Gasteiger partial charge on any atom is -0.507 e. The summed E-state index contributed by atoms with van der Waals surface area (Å²) in [5, 5.41) is 10.4. The molecule has 3 rings (SSSR count). The van der Waals surface area contributed by atoms with Gasteiger partial charge >= 0.3 is 0 Å². The molecule has 0 unspecified atom stereocenters. The first kappa shape index (κ1) is 15.6. The van der Waals surface area contributed by atoms with Crippen molar-refractivity contribution in [1.29, 1.82) is 0 Å². The van der Waals surface area contributed by atoms with Crippen LogP contribution >= 0.6 is 11.6 Å². The highest BCUT2D eigenvalue weighted by molar-refractivity contribution is 7.91. The van der Waals surface area contributed by atoms with Crippen molar-refractivity contribution in [3.8, 4) is 16.9 Å². The molecular weight excluding hydrogens is 332 g/mol. The van der Waals surface area contributed by atoms with E-state index in [-0.39, 0.29) is 15.5 Å². The minimum absolute atomic E-state index is 0.154. The first-order valence-corrected chi connectivity index (χ1v) is 8.74. The molecule has 0 atom stereocenters. The van der Waals surface area contributed by atoms with Gasteiger partial charge in [-0.25, -0.2) is 8.42 Å². The zero-order chi connectivity index (χ0) is 16.4. The van der Waals surface area contributed by atoms with E-state index in [1.165, 1.54) is 24.3 Å². The molecule has 5 heteroatoms. The minimum atomic E-state index is -3.59. The number of aromatic hydroxyl groups is 1. The van der Waals surface area contributed by atoms with Gasteiger partial charge in [-0.3, -0.25) is 0 Å². The predicted octanol–water partition coefficient (Wildman–Crippen LogP) is 4.55. The third-order valence-corrected chi connectivity index (χ3v) is 5.54. The topological polar surface area (TPSA) is 54.4 Å². The highest BCUT2D eigenvalue weighted by Gasteiger charge is 2.17. The van der Waals surface area contributed by atoms with Crippen molar-refractivity contribution in [2.24, 2.45) is 0 Å². The Hall–Kier alpha value is -2.30. The Morgan fingerprint density at radius 1 is 0.739 bits per heavy atom. The van der Waals surface area contributed by atoms with Crippen LogP contribution in [-0.4, -0.2) is 13.5 Å². The molecule has 0 bridgehead atoms. The SMILES string of the molecule is O=S(=O)(c1ccc(Cl)cc1)c1ccc(-c2ccccc2O)cc1. The lowest BCUT2D eigenvalue weighted by Gasteiger charge is -2.07. The quantitative estimate of drug-likeness (QED) is 0.758. The maximum Gasteiger partial charge on any atom is 0.206 e. The lowest BCUT2D eigenvalue weighted by atomic mass is 10.1. The van der Waals surface area contributed by atoms with Gasteiger partial charge in [0.1, 0.15) is 5.75 Å². The molecule has 23 heavy (non-hydrogen) atoms. The molecule has 0 amide bonds. The largest absolute Gasteiger partial charge is 0.507 e. The molecule has 0 aliphatic heterocycles. The molecule has 0 aliphatic rings. The van der Waals surface area contributed by atoms with Gasteiger partial charge < -0.3 is 5.11 Å². The summed E-state index contributed by atoms with van der Waals surface area (Å²) >= 11 is 5.79. The summed E-state index contributed by atoms with van der Waals surface area (Å²) in [7, 11) is -3.59. The maximum atomic E-state index is 12.6. The molecule has 0 heterocycles. The summed E-state index contributed by atoms with van der Waals surface area (Å²) in [6.45, 7) is 0. The first-order chi connectivity index (χ1) is 11.0. The van der Waals surface area contributed by atoms with Crippen LogP contribution in [0.2, 0.25) is 5.02 Å². The Morgan fingerprint density at radius 3 is 1.83 bits per heavy atom. The van der Waals surface area contributed by atoms with Crippen molar-refractivity contribution in [3.63, 3.8) is 0 Å². The Kier molecular flexibility index (Phi) is 4.11. The maximum absolute atomic E-state index is 12.6. The monoisotopic (exact) mass is 344 g/mol. The summed E-state index contributed by atoms with van der Waals surface area (Å²) in [6, 6.07) is 19.4. The van der Waals surface area contributed by atoms with E-state index in [1.807, 2.05) is 6.07 Å². The first-order valence-electron chi connectivity index (χ1n) is 6.87. The van der Waals surface area contributed by atoms with Crippen LogP contribution in [0.25, 0.3) is 11.1 Å². The van der Waals surface area contributed by atoms with Crippen LogP contribution in [-0.2, 0) is 9.84 Å². The standard InChI is InChI=1S/C18H13ClO3S/c19-14-7-11-16(12-8-14)23(21,22)15-9-5-13(6-10-15)17-3-1-2-4-18(17)20/h1-12,20H. The molecule has 3 aromatic carbocycles. The lowest BCUT2D eigenvalue weighted by Crippen LogP contribution is -2.01. The number of sulfone groups is 1. The Balaban J connectivity index is 1.99. The van der Waals surface area contributed by atoms with Crippen molar-refractivity contribution >= 4 is 21.4 Å². The molecule has 0 radical (unpaired) electrons. The second-order valence-corrected chi connectivity index (χ2v) is 7.39. The average Bonchev–Trinajstić information content (AvgIpc) is 2.56. The van der Waals surface area contributed by atoms with Crippen LogP contribution in [0.5, 0.6) is 5.75 Å². The van der Waals surface area contributed by atoms with Gasteiger partial charge in [0.25, 0.3) is 0 Å². The van der Waals surface area contributed by atoms with Crippen LogP contribution in [0.3, 0.4) is 0 Å². The van der Waals surface area contributed by atoms with Crippen LogP contribution < -0.4 is 0 Å². The van der Waals surface area contributed by atoms with E-state index in [2.05, 4.69) is 0 Å². The van der Waals surface area contributed by atoms with Crippen molar-refractivity contribution in [2.45, 2.75) is 9.79 Å². The van der Waals surface area contributed by atoms with E-state index in [0.717, 1.165) is 5.56 Å². The zero-order valence-electron chi connectivity index (χ0n) is 12.0. The van der Waals surface area contributed by atoms with Gasteiger partial charge in [-0.1, -0.05) is 41.9 Å². The van der Waals surface area contributed by atoms with Crippen LogP contribution in [0.15, 0.2) is 82.6 Å². The van der Waals surface area contributed by atoms with Crippen molar-refractivity contribution in [2.75, 3.05) is 0 Å². The van der Waals surface area contributed by atoms with Gasteiger partial charge in [0, 0.05) is 10.6 Å². The molecular formula is C18H13ClO3S. The fourth-order valence-corrected chi connectivity index (χ4v) is 3.67. The Bertz CT molecular complexity index is 931. The van der Waals surface area contributed by atoms with Gasteiger partial charge in [0.15, 0.2) is 0 Å². The summed E-state index contributed by atoms with van der Waals surface area (Å²) in [5.74, 6) is 0.154. The molecule has 3 nitrogen and oxygen atoms in total. The highest BCUT2D eigenvalue weighted by atomic mass is 35.5. The van der Waals surface area contributed by atoms with Gasteiger partial charge in [-0.2, -0.15) is 0 Å². The fraction of sp³-hybridized carbons (Fsp3) is 0. The van der Waals surface area contributed by atoms with Gasteiger partial charge in [0.05, 0.1) is 9.79 Å². The van der Waals surface area contributed by atoms with Gasteiger partial charge in [0.2, 0.25) is 9.84 Å². The predicted molar refractivity (Wildman–Crippen MR) is 90.4 cm³/mol. The lowest BCUT2D eigenvalue weighted by molar-refractivity contribution is 0.477. The summed E-state index contributed by atoms with van der Waals surface area (Å²) in [6.07, 6.45) is 0. The second kappa shape index (κ2) is 6.07. The number of phenolic OH excluding ortho intramolecular Hbond substituents is 1. The van der Waals surface area contributed by atoms with E-state index in [0.29, 0.717) is 10.6 Å². The molecule has 3 aromatic rings. The van der Waals surface area contributed by atoms with Crippen molar-refractivity contribution < 1.29 is 13.5 Å². The van der Waals surface area contributed by atoms with E-state index >= 15 is 0 Å². The molecule has 0 saturated carbocycles. The number of phenols is 1. The van der Waals surface area contributed by atoms with Crippen molar-refractivity contribution in [1.82, 2.24) is 0 Å². The summed E-state index contributed by atoms with van der Waals surface area (Å²) < 4.78 is 25.1. The molecule has 0 spiro atoms. The Morgan fingerprint density at radius 2 is 1.26 bits per heavy atom. The second-order valence-electron chi connectivity index (χ2n) is 5.00. The number of para-hydroxylation sites is 1. The van der Waals surface area contributed by atoms with Gasteiger partial charge in [-0.15, -0.1) is 0 Å². The number of hydrogen-bond donors (Lipinski definition) is 1. The molecule has 0 aromatic heterocycles. The van der Waals surface area contributed by atoms with Crippen LogP contribution in [0, 0.1) is 0 Å².